The highest BCUT2D eigenvalue weighted by molar-refractivity contribution is 5.77. The Morgan fingerprint density at radius 1 is 1.37 bits per heavy atom. The first-order valence-corrected chi connectivity index (χ1v) is 6.71. The predicted molar refractivity (Wildman–Crippen MR) is 74.7 cm³/mol. The van der Waals surface area contributed by atoms with Gasteiger partial charge in [0.15, 0.2) is 11.5 Å². The van der Waals surface area contributed by atoms with Crippen LogP contribution in [0.15, 0.2) is 22.6 Å². The van der Waals surface area contributed by atoms with Crippen molar-refractivity contribution in [2.24, 2.45) is 0 Å². The van der Waals surface area contributed by atoms with Crippen molar-refractivity contribution >= 4 is 16.8 Å². The molecule has 0 spiro atoms. The zero-order valence-electron chi connectivity index (χ0n) is 11.2. The first kappa shape index (κ1) is 12.4. The molecule has 0 saturated carbocycles. The molecule has 102 valence electrons. The van der Waals surface area contributed by atoms with Crippen LogP contribution in [0.2, 0.25) is 0 Å². The summed E-state index contributed by atoms with van der Waals surface area (Å²) in [6.07, 6.45) is 0.716. The van der Waals surface area contributed by atoms with Crippen LogP contribution in [0.3, 0.4) is 0 Å². The average molecular weight is 261 g/mol. The quantitative estimate of drug-likeness (QED) is 0.902. The number of anilines is 1. The van der Waals surface area contributed by atoms with Gasteiger partial charge in [0.05, 0.1) is 6.61 Å². The van der Waals surface area contributed by atoms with Crippen LogP contribution in [0.5, 0.6) is 0 Å². The van der Waals surface area contributed by atoms with Crippen molar-refractivity contribution in [1.29, 1.82) is 0 Å². The lowest BCUT2D eigenvalue weighted by Gasteiger charge is -2.29. The highest BCUT2D eigenvalue weighted by Gasteiger charge is 2.12. The lowest BCUT2D eigenvalue weighted by molar-refractivity contribution is 0.196. The minimum Gasteiger partial charge on any atom is -0.441 e. The Kier molecular flexibility index (Phi) is 3.66. The van der Waals surface area contributed by atoms with Crippen molar-refractivity contribution in [3.8, 4) is 0 Å². The van der Waals surface area contributed by atoms with Gasteiger partial charge >= 0.3 is 0 Å². The number of piperazine rings is 1. The van der Waals surface area contributed by atoms with Gasteiger partial charge in [0.2, 0.25) is 0 Å². The Morgan fingerprint density at radius 2 is 2.21 bits per heavy atom. The maximum atomic E-state index is 5.69. The monoisotopic (exact) mass is 261 g/mol. The van der Waals surface area contributed by atoms with Gasteiger partial charge in [-0.05, 0) is 18.2 Å². The largest absolute Gasteiger partial charge is 0.441 e. The fourth-order valence-electron chi connectivity index (χ4n) is 2.38. The molecule has 1 fully saturated rings. The molecule has 1 saturated heterocycles. The van der Waals surface area contributed by atoms with Crippen molar-refractivity contribution in [2.45, 2.75) is 6.42 Å². The molecule has 1 aliphatic heterocycles. The first-order valence-electron chi connectivity index (χ1n) is 6.71. The normalized spacial score (nSPS) is 16.2. The van der Waals surface area contributed by atoms with Crippen LogP contribution in [-0.4, -0.2) is 44.9 Å². The lowest BCUT2D eigenvalue weighted by Crippen LogP contribution is -2.43. The summed E-state index contributed by atoms with van der Waals surface area (Å²) in [4.78, 5) is 6.89. The van der Waals surface area contributed by atoms with E-state index in [-0.39, 0.29) is 0 Å². The van der Waals surface area contributed by atoms with Crippen molar-refractivity contribution in [1.82, 2.24) is 10.3 Å². The molecule has 5 heteroatoms. The Morgan fingerprint density at radius 3 is 3.00 bits per heavy atom. The van der Waals surface area contributed by atoms with Gasteiger partial charge in [0.25, 0.3) is 0 Å². The van der Waals surface area contributed by atoms with Crippen LogP contribution in [0.1, 0.15) is 5.89 Å². The highest BCUT2D eigenvalue weighted by atomic mass is 16.5. The van der Waals surface area contributed by atoms with E-state index in [0.29, 0.717) is 13.0 Å². The number of oxazole rings is 1. The SMILES string of the molecule is COCCc1nc2cc(N3CCNCC3)ccc2o1. The van der Waals surface area contributed by atoms with Crippen LogP contribution >= 0.6 is 0 Å². The number of nitrogens with zero attached hydrogens (tertiary/aromatic N) is 2. The summed E-state index contributed by atoms with van der Waals surface area (Å²) in [6.45, 7) is 4.79. The molecule has 1 aliphatic rings. The molecule has 1 aromatic carbocycles. The van der Waals surface area contributed by atoms with E-state index in [1.165, 1.54) is 5.69 Å². The molecule has 0 aliphatic carbocycles. The molecule has 0 bridgehead atoms. The van der Waals surface area contributed by atoms with Crippen molar-refractivity contribution < 1.29 is 9.15 Å². The fraction of sp³-hybridized carbons (Fsp3) is 0.500. The molecule has 2 heterocycles. The van der Waals surface area contributed by atoms with Gasteiger partial charge in [-0.3, -0.25) is 0 Å². The second-order valence-electron chi connectivity index (χ2n) is 4.74. The molecule has 2 aromatic rings. The number of rotatable bonds is 4. The first-order chi connectivity index (χ1) is 9.36. The van der Waals surface area contributed by atoms with Crippen LogP contribution in [0.25, 0.3) is 11.1 Å². The van der Waals surface area contributed by atoms with Crippen LogP contribution in [0, 0.1) is 0 Å². The van der Waals surface area contributed by atoms with Crippen LogP contribution in [0.4, 0.5) is 5.69 Å². The summed E-state index contributed by atoms with van der Waals surface area (Å²) < 4.78 is 10.7. The van der Waals surface area contributed by atoms with Gasteiger partial charge < -0.3 is 19.4 Å². The van der Waals surface area contributed by atoms with E-state index in [2.05, 4.69) is 27.3 Å². The van der Waals surface area contributed by atoms with E-state index in [9.17, 15) is 0 Å². The highest BCUT2D eigenvalue weighted by Crippen LogP contribution is 2.23. The summed E-state index contributed by atoms with van der Waals surface area (Å²) in [6, 6.07) is 6.23. The number of ether oxygens (including phenoxy) is 1. The third kappa shape index (κ3) is 2.72. The number of fused-ring (bicyclic) bond motifs is 1. The minimum absolute atomic E-state index is 0.636. The molecule has 1 N–H and O–H groups in total. The fourth-order valence-corrected chi connectivity index (χ4v) is 2.38. The number of hydrogen-bond donors (Lipinski definition) is 1. The van der Waals surface area contributed by atoms with Crippen LogP contribution < -0.4 is 10.2 Å². The smallest absolute Gasteiger partial charge is 0.197 e. The predicted octanol–water partition coefficient (Wildman–Crippen LogP) is 1.43. The van der Waals surface area contributed by atoms with Gasteiger partial charge in [-0.2, -0.15) is 0 Å². The molecule has 3 rings (SSSR count). The van der Waals surface area contributed by atoms with E-state index in [1.807, 2.05) is 6.07 Å². The summed E-state index contributed by atoms with van der Waals surface area (Å²) in [5, 5.41) is 3.36. The van der Waals surface area contributed by atoms with Gasteiger partial charge in [0, 0.05) is 45.4 Å². The average Bonchev–Trinajstić information content (AvgIpc) is 2.87. The van der Waals surface area contributed by atoms with E-state index in [0.717, 1.165) is 43.2 Å². The minimum atomic E-state index is 0.636. The van der Waals surface area contributed by atoms with Gasteiger partial charge in [0.1, 0.15) is 5.52 Å². The zero-order valence-corrected chi connectivity index (χ0v) is 11.2. The summed E-state index contributed by atoms with van der Waals surface area (Å²) in [7, 11) is 1.69. The molecule has 19 heavy (non-hydrogen) atoms. The molecule has 0 amide bonds. The number of methoxy groups -OCH3 is 1. The molecule has 1 aromatic heterocycles. The molecular formula is C14H19N3O2. The molecule has 0 radical (unpaired) electrons. The van der Waals surface area contributed by atoms with E-state index in [4.69, 9.17) is 9.15 Å². The second-order valence-corrected chi connectivity index (χ2v) is 4.74. The van der Waals surface area contributed by atoms with Crippen molar-refractivity contribution in [2.75, 3.05) is 44.8 Å². The van der Waals surface area contributed by atoms with Gasteiger partial charge in [-0.1, -0.05) is 0 Å². The zero-order chi connectivity index (χ0) is 13.1. The lowest BCUT2D eigenvalue weighted by atomic mass is 10.2. The number of aromatic nitrogens is 1. The number of nitrogens with one attached hydrogen (secondary N) is 1. The third-order valence-electron chi connectivity index (χ3n) is 3.42. The van der Waals surface area contributed by atoms with E-state index >= 15 is 0 Å². The Bertz CT molecular complexity index is 547. The summed E-state index contributed by atoms with van der Waals surface area (Å²) in [5.41, 5.74) is 3.01. The molecule has 5 nitrogen and oxygen atoms in total. The standard InChI is InChI=1S/C14H19N3O2/c1-18-9-4-14-16-12-10-11(2-3-13(12)19-14)17-7-5-15-6-8-17/h2-3,10,15H,4-9H2,1H3. The molecule has 0 atom stereocenters. The second kappa shape index (κ2) is 5.59. The Hall–Kier alpha value is -1.59. The Labute approximate surface area is 112 Å². The van der Waals surface area contributed by atoms with E-state index in [1.54, 1.807) is 7.11 Å². The molecule has 0 unspecified atom stereocenters. The number of benzene rings is 1. The maximum absolute atomic E-state index is 5.69. The summed E-state index contributed by atoms with van der Waals surface area (Å²) >= 11 is 0. The maximum Gasteiger partial charge on any atom is 0.197 e. The topological polar surface area (TPSA) is 50.5 Å². The van der Waals surface area contributed by atoms with Crippen molar-refractivity contribution in [3.05, 3.63) is 24.1 Å². The van der Waals surface area contributed by atoms with Gasteiger partial charge in [-0.25, -0.2) is 4.98 Å². The van der Waals surface area contributed by atoms with Crippen molar-refractivity contribution in [3.63, 3.8) is 0 Å². The van der Waals surface area contributed by atoms with Gasteiger partial charge in [-0.15, -0.1) is 0 Å². The Balaban J connectivity index is 1.83. The third-order valence-corrected chi connectivity index (χ3v) is 3.42. The molecular weight excluding hydrogens is 242 g/mol. The van der Waals surface area contributed by atoms with Crippen LogP contribution in [-0.2, 0) is 11.2 Å². The van der Waals surface area contributed by atoms with E-state index < -0.39 is 0 Å². The summed E-state index contributed by atoms with van der Waals surface area (Å²) in [5.74, 6) is 0.745. The number of hydrogen-bond acceptors (Lipinski definition) is 5.